The lowest BCUT2D eigenvalue weighted by molar-refractivity contribution is 0.102. The molecule has 3 fully saturated rings. The third-order valence-corrected chi connectivity index (χ3v) is 9.86. The zero-order valence-electron chi connectivity index (χ0n) is 21.6. The van der Waals surface area contributed by atoms with Gasteiger partial charge in [-0.25, -0.2) is 8.42 Å². The molecule has 10 heteroatoms. The van der Waals surface area contributed by atoms with E-state index in [1.165, 1.54) is 19.3 Å². The first-order valence-corrected chi connectivity index (χ1v) is 15.4. The standard InChI is InChI=1S/C28H36N4O5S/c33-16-17-38(35,36)30-20-7-8-22(25(18-20)31-14-11-28(9-10-28)12-15-31)27(34)29-23-5-3-6-24-26(23)37-19-21-4-1-2-13-32(21)24/h3,5-8,18,21,30,33H,1-2,4,9-17,19H2,(H,29,34)/t21-/m1/s1. The van der Waals surface area contributed by atoms with Crippen LogP contribution in [0.25, 0.3) is 0 Å². The van der Waals surface area contributed by atoms with Crippen LogP contribution in [0.3, 0.4) is 0 Å². The molecule has 1 amide bonds. The minimum Gasteiger partial charge on any atom is -0.487 e. The van der Waals surface area contributed by atoms with Crippen LogP contribution in [0.1, 0.15) is 55.3 Å². The quantitative estimate of drug-likeness (QED) is 0.490. The Kier molecular flexibility index (Phi) is 6.63. The summed E-state index contributed by atoms with van der Waals surface area (Å²) in [4.78, 5) is 18.3. The first kappa shape index (κ1) is 25.3. The van der Waals surface area contributed by atoms with Gasteiger partial charge in [0, 0.05) is 19.6 Å². The summed E-state index contributed by atoms with van der Waals surface area (Å²) in [6, 6.07) is 11.3. The Morgan fingerprint density at radius 1 is 1.05 bits per heavy atom. The van der Waals surface area contributed by atoms with Crippen molar-refractivity contribution in [2.75, 3.05) is 58.4 Å². The largest absolute Gasteiger partial charge is 0.487 e. The lowest BCUT2D eigenvalue weighted by atomic mass is 9.93. The number of carbonyl (C=O) groups is 1. The number of rotatable bonds is 7. The molecule has 204 valence electrons. The average molecular weight is 541 g/mol. The summed E-state index contributed by atoms with van der Waals surface area (Å²) in [7, 11) is -3.68. The van der Waals surface area contributed by atoms with Gasteiger partial charge >= 0.3 is 0 Å². The van der Waals surface area contributed by atoms with Gasteiger partial charge in [-0.3, -0.25) is 9.52 Å². The molecule has 1 spiro atoms. The highest BCUT2D eigenvalue weighted by Gasteiger charge is 2.44. The first-order valence-electron chi connectivity index (χ1n) is 13.7. The fraction of sp³-hybridized carbons (Fsp3) is 0.536. The summed E-state index contributed by atoms with van der Waals surface area (Å²) >= 11 is 0. The maximum atomic E-state index is 13.7. The van der Waals surface area contributed by atoms with Crippen LogP contribution in [0.5, 0.6) is 5.75 Å². The van der Waals surface area contributed by atoms with E-state index in [1.54, 1.807) is 18.2 Å². The molecule has 6 rings (SSSR count). The molecule has 38 heavy (non-hydrogen) atoms. The van der Waals surface area contributed by atoms with E-state index in [2.05, 4.69) is 25.9 Å². The Hall–Kier alpha value is -2.98. The van der Waals surface area contributed by atoms with Crippen molar-refractivity contribution >= 4 is 38.7 Å². The molecule has 2 aromatic rings. The number of ether oxygens (including phenoxy) is 1. The monoisotopic (exact) mass is 540 g/mol. The van der Waals surface area contributed by atoms with E-state index in [-0.39, 0.29) is 11.7 Å². The van der Waals surface area contributed by atoms with Gasteiger partial charge in [-0.15, -0.1) is 0 Å². The Morgan fingerprint density at radius 2 is 1.87 bits per heavy atom. The zero-order valence-corrected chi connectivity index (χ0v) is 22.4. The highest BCUT2D eigenvalue weighted by atomic mass is 32.2. The maximum Gasteiger partial charge on any atom is 0.257 e. The third kappa shape index (κ3) is 5.03. The Balaban J connectivity index is 1.28. The van der Waals surface area contributed by atoms with Crippen LogP contribution in [0.2, 0.25) is 0 Å². The van der Waals surface area contributed by atoms with Gasteiger partial charge in [0.1, 0.15) is 6.61 Å². The van der Waals surface area contributed by atoms with Gasteiger partial charge in [-0.1, -0.05) is 6.07 Å². The number of aliphatic hydroxyl groups excluding tert-OH is 1. The number of para-hydroxylation sites is 1. The molecular formula is C28H36N4O5S. The van der Waals surface area contributed by atoms with Crippen LogP contribution < -0.4 is 24.6 Å². The average Bonchev–Trinajstić information content (AvgIpc) is 3.67. The first-order chi connectivity index (χ1) is 18.4. The molecule has 2 aromatic carbocycles. The van der Waals surface area contributed by atoms with E-state index in [1.807, 2.05) is 12.1 Å². The van der Waals surface area contributed by atoms with Gasteiger partial charge in [0.2, 0.25) is 10.0 Å². The number of nitrogens with zero attached hydrogens (tertiary/aromatic N) is 2. The minimum atomic E-state index is -3.68. The van der Waals surface area contributed by atoms with Crippen molar-refractivity contribution in [3.05, 3.63) is 42.0 Å². The molecule has 3 N–H and O–H groups in total. The van der Waals surface area contributed by atoms with Gasteiger partial charge in [0.05, 0.1) is 46.7 Å². The van der Waals surface area contributed by atoms with Crippen LogP contribution in [0.15, 0.2) is 36.4 Å². The molecule has 4 aliphatic rings. The molecule has 2 saturated heterocycles. The Bertz CT molecular complexity index is 1320. The number of sulfonamides is 1. The second kappa shape index (κ2) is 9.96. The number of carbonyl (C=O) groups excluding carboxylic acids is 1. The molecule has 0 aromatic heterocycles. The van der Waals surface area contributed by atoms with E-state index in [0.29, 0.717) is 46.4 Å². The van der Waals surface area contributed by atoms with E-state index >= 15 is 0 Å². The number of hydrogen-bond donors (Lipinski definition) is 3. The summed E-state index contributed by atoms with van der Waals surface area (Å²) in [6.07, 6.45) is 8.17. The molecule has 3 heterocycles. The van der Waals surface area contributed by atoms with E-state index in [4.69, 9.17) is 9.84 Å². The lowest BCUT2D eigenvalue weighted by Crippen LogP contribution is -2.46. The van der Waals surface area contributed by atoms with Crippen LogP contribution in [0, 0.1) is 5.41 Å². The lowest BCUT2D eigenvalue weighted by Gasteiger charge is -2.42. The normalized spacial score (nSPS) is 21.8. The van der Waals surface area contributed by atoms with Gasteiger partial charge in [-0.2, -0.15) is 0 Å². The topological polar surface area (TPSA) is 111 Å². The number of fused-ring (bicyclic) bond motifs is 3. The molecule has 1 aliphatic carbocycles. The second-order valence-corrected chi connectivity index (χ2v) is 13.0. The Morgan fingerprint density at radius 3 is 2.63 bits per heavy atom. The maximum absolute atomic E-state index is 13.7. The smallest absolute Gasteiger partial charge is 0.257 e. The number of benzene rings is 2. The van der Waals surface area contributed by atoms with Crippen molar-refractivity contribution in [1.82, 2.24) is 0 Å². The number of aliphatic hydroxyl groups is 1. The van der Waals surface area contributed by atoms with Gasteiger partial charge in [0.15, 0.2) is 5.75 Å². The predicted octanol–water partition coefficient (Wildman–Crippen LogP) is 3.80. The van der Waals surface area contributed by atoms with Crippen molar-refractivity contribution in [2.45, 2.75) is 51.0 Å². The van der Waals surface area contributed by atoms with Gasteiger partial charge in [0.25, 0.3) is 5.91 Å². The number of piperidine rings is 2. The minimum absolute atomic E-state index is 0.255. The summed E-state index contributed by atoms with van der Waals surface area (Å²) in [6.45, 7) is 2.80. The Labute approximate surface area is 224 Å². The SMILES string of the molecule is O=C(Nc1cccc2c1OC[C@H]1CCCCN21)c1ccc(NS(=O)(=O)CCO)cc1N1CCC2(CC1)CC2. The highest BCUT2D eigenvalue weighted by Crippen LogP contribution is 2.54. The van der Waals surface area contributed by atoms with Crippen molar-refractivity contribution < 1.29 is 23.1 Å². The number of nitrogens with one attached hydrogen (secondary N) is 2. The molecule has 1 atom stereocenters. The molecule has 0 radical (unpaired) electrons. The van der Waals surface area contributed by atoms with Crippen LogP contribution >= 0.6 is 0 Å². The number of amides is 1. The number of hydrogen-bond acceptors (Lipinski definition) is 7. The molecular weight excluding hydrogens is 504 g/mol. The van der Waals surface area contributed by atoms with E-state index < -0.39 is 16.6 Å². The molecule has 0 unspecified atom stereocenters. The van der Waals surface area contributed by atoms with Crippen LogP contribution in [-0.2, 0) is 10.0 Å². The second-order valence-electron chi connectivity index (χ2n) is 11.1. The number of anilines is 4. The van der Waals surface area contributed by atoms with Crippen molar-refractivity contribution in [3.8, 4) is 5.75 Å². The summed E-state index contributed by atoms with van der Waals surface area (Å²) in [5.41, 5.74) is 3.72. The van der Waals surface area contributed by atoms with Crippen LogP contribution in [-0.4, -0.2) is 64.1 Å². The molecule has 0 bridgehead atoms. The van der Waals surface area contributed by atoms with Crippen molar-refractivity contribution in [3.63, 3.8) is 0 Å². The molecule has 9 nitrogen and oxygen atoms in total. The summed E-state index contributed by atoms with van der Waals surface area (Å²) < 4.78 is 33.3. The third-order valence-electron chi connectivity index (χ3n) is 8.60. The zero-order chi connectivity index (χ0) is 26.3. The van der Waals surface area contributed by atoms with Crippen molar-refractivity contribution in [1.29, 1.82) is 0 Å². The van der Waals surface area contributed by atoms with Crippen molar-refractivity contribution in [2.24, 2.45) is 5.41 Å². The fourth-order valence-corrected chi connectivity index (χ4v) is 6.99. The van der Waals surface area contributed by atoms with Gasteiger partial charge < -0.3 is 25.0 Å². The van der Waals surface area contributed by atoms with E-state index in [9.17, 15) is 13.2 Å². The molecule has 3 aliphatic heterocycles. The fourth-order valence-electron chi connectivity index (χ4n) is 6.16. The molecule has 1 saturated carbocycles. The predicted molar refractivity (Wildman–Crippen MR) is 149 cm³/mol. The van der Waals surface area contributed by atoms with Crippen LogP contribution in [0.4, 0.5) is 22.7 Å². The van der Waals surface area contributed by atoms with Gasteiger partial charge in [-0.05, 0) is 80.7 Å². The summed E-state index contributed by atoms with van der Waals surface area (Å²) in [5, 5.41) is 12.2. The highest BCUT2D eigenvalue weighted by molar-refractivity contribution is 7.92. The summed E-state index contributed by atoms with van der Waals surface area (Å²) in [5.74, 6) is 0.0742. The van der Waals surface area contributed by atoms with E-state index in [0.717, 1.165) is 51.0 Å².